The van der Waals surface area contributed by atoms with Crippen LogP contribution in [0.1, 0.15) is 71.6 Å². The van der Waals surface area contributed by atoms with Crippen LogP contribution in [-0.4, -0.2) is 83.7 Å². The number of esters is 1. The van der Waals surface area contributed by atoms with E-state index < -0.39 is 41.0 Å². The van der Waals surface area contributed by atoms with Crippen molar-refractivity contribution in [2.24, 2.45) is 34.5 Å². The van der Waals surface area contributed by atoms with Crippen molar-refractivity contribution < 1.29 is 43.9 Å². The van der Waals surface area contributed by atoms with Crippen molar-refractivity contribution >= 4 is 12.3 Å². The van der Waals surface area contributed by atoms with Crippen LogP contribution in [0.4, 0.5) is 0 Å². The van der Waals surface area contributed by atoms with Crippen molar-refractivity contribution in [2.45, 2.75) is 114 Å². The molecule has 0 bridgehead atoms. The Morgan fingerprint density at radius 3 is 2.62 bits per heavy atom. The number of hydrogen-bond donors (Lipinski definition) is 3. The number of carbonyl (C=O) groups excluding carboxylic acids is 2. The Hall–Kier alpha value is -1.36. The van der Waals surface area contributed by atoms with Crippen molar-refractivity contribution in [2.75, 3.05) is 13.7 Å². The van der Waals surface area contributed by atoms with E-state index in [1.165, 1.54) is 0 Å². The van der Waals surface area contributed by atoms with Crippen molar-refractivity contribution in [3.8, 4) is 0 Å². The zero-order valence-electron chi connectivity index (χ0n) is 23.3. The fourth-order valence-electron chi connectivity index (χ4n) is 10.0. The lowest BCUT2D eigenvalue weighted by atomic mass is 9.42. The van der Waals surface area contributed by atoms with Gasteiger partial charge < -0.3 is 39.1 Å². The molecule has 9 heteroatoms. The molecule has 1 unspecified atom stereocenters. The molecule has 1 saturated heterocycles. The molecule has 0 aromatic carbocycles. The van der Waals surface area contributed by atoms with E-state index in [0.717, 1.165) is 31.1 Å². The van der Waals surface area contributed by atoms with Crippen LogP contribution in [0.15, 0.2) is 11.6 Å². The van der Waals surface area contributed by atoms with E-state index in [0.29, 0.717) is 38.5 Å². The van der Waals surface area contributed by atoms with E-state index in [9.17, 15) is 24.9 Å². The number of cyclic esters (lactones) is 1. The highest BCUT2D eigenvalue weighted by atomic mass is 16.7. The predicted molar refractivity (Wildman–Crippen MR) is 138 cm³/mol. The van der Waals surface area contributed by atoms with Gasteiger partial charge in [0.1, 0.15) is 19.0 Å². The molecule has 13 atom stereocenters. The third kappa shape index (κ3) is 4.09. The molecule has 5 fully saturated rings. The monoisotopic (exact) mass is 548 g/mol. The Kier molecular flexibility index (Phi) is 7.04. The van der Waals surface area contributed by atoms with Gasteiger partial charge in [-0.05, 0) is 81.6 Å². The average molecular weight is 549 g/mol. The molecular weight excluding hydrogens is 504 g/mol. The van der Waals surface area contributed by atoms with Crippen molar-refractivity contribution in [1.82, 2.24) is 0 Å². The summed E-state index contributed by atoms with van der Waals surface area (Å²) in [4.78, 5) is 24.8. The van der Waals surface area contributed by atoms with Crippen LogP contribution >= 0.6 is 0 Å². The fraction of sp³-hybridized carbons (Fsp3) is 0.867. The number of aliphatic hydroxyl groups excluding tert-OH is 2. The zero-order valence-corrected chi connectivity index (χ0v) is 23.3. The van der Waals surface area contributed by atoms with Crippen LogP contribution in [0.25, 0.3) is 0 Å². The summed E-state index contributed by atoms with van der Waals surface area (Å²) in [6.07, 6.45) is 5.66. The number of hydrogen-bond acceptors (Lipinski definition) is 9. The molecule has 0 aromatic rings. The Labute approximate surface area is 230 Å². The van der Waals surface area contributed by atoms with Gasteiger partial charge in [0.15, 0.2) is 6.29 Å². The topological polar surface area (TPSA) is 132 Å². The Morgan fingerprint density at radius 1 is 1.13 bits per heavy atom. The summed E-state index contributed by atoms with van der Waals surface area (Å²) in [5.74, 6) is -0.782. The van der Waals surface area contributed by atoms with Gasteiger partial charge in [-0.1, -0.05) is 6.92 Å². The van der Waals surface area contributed by atoms with E-state index in [1.807, 2.05) is 6.92 Å². The summed E-state index contributed by atoms with van der Waals surface area (Å²) in [6, 6.07) is 0. The maximum Gasteiger partial charge on any atom is 0.331 e. The zero-order chi connectivity index (χ0) is 27.7. The third-order valence-corrected chi connectivity index (χ3v) is 12.0. The van der Waals surface area contributed by atoms with Crippen LogP contribution in [0.5, 0.6) is 0 Å². The number of fused-ring (bicyclic) bond motifs is 5. The molecule has 2 aliphatic heterocycles. The number of aliphatic hydroxyl groups is 3. The summed E-state index contributed by atoms with van der Waals surface area (Å²) >= 11 is 0. The maximum absolute atomic E-state index is 13.0. The molecule has 6 aliphatic rings. The molecule has 3 N–H and O–H groups in total. The van der Waals surface area contributed by atoms with E-state index >= 15 is 0 Å². The minimum absolute atomic E-state index is 0.0223. The van der Waals surface area contributed by atoms with Crippen LogP contribution in [0.3, 0.4) is 0 Å². The standard InChI is InChI=1S/C30H44O9/c1-16-27(34)23(36-3)12-25(38-16)39-19-6-8-29(15-31)18(11-19)4-5-21-26(29)22(32)13-28(2)20(7-9-30(21,28)35)17-10-24(33)37-14-17/h10,15-16,18-23,25-27,32,34-35H,4-9,11-14H2,1-3H3/t16-,18+,19-,20+,21+,22+,23-,25?,26+,27+,28+,29+,30-/m0/s1. The van der Waals surface area contributed by atoms with Gasteiger partial charge in [0.2, 0.25) is 0 Å². The normalized spacial score (nSPS) is 53.3. The molecule has 39 heavy (non-hydrogen) atoms. The second kappa shape index (κ2) is 9.88. The first-order valence-corrected chi connectivity index (χ1v) is 14.8. The van der Waals surface area contributed by atoms with Crippen molar-refractivity contribution in [1.29, 1.82) is 0 Å². The van der Waals surface area contributed by atoms with E-state index in [-0.39, 0.29) is 48.5 Å². The van der Waals surface area contributed by atoms with E-state index in [1.54, 1.807) is 13.2 Å². The highest BCUT2D eigenvalue weighted by molar-refractivity contribution is 5.85. The van der Waals surface area contributed by atoms with Gasteiger partial charge in [0, 0.05) is 36.4 Å². The number of carbonyl (C=O) groups is 2. The van der Waals surface area contributed by atoms with Gasteiger partial charge in [0.05, 0.1) is 30.0 Å². The number of rotatable bonds is 5. The van der Waals surface area contributed by atoms with Crippen LogP contribution in [0, 0.1) is 34.5 Å². The van der Waals surface area contributed by atoms with Crippen LogP contribution in [0.2, 0.25) is 0 Å². The third-order valence-electron chi connectivity index (χ3n) is 12.0. The molecule has 218 valence electrons. The number of aldehydes is 1. The molecule has 2 heterocycles. The number of ether oxygens (including phenoxy) is 4. The second-order valence-electron chi connectivity index (χ2n) is 13.5. The highest BCUT2D eigenvalue weighted by Gasteiger charge is 2.71. The van der Waals surface area contributed by atoms with E-state index in [2.05, 4.69) is 6.92 Å². The van der Waals surface area contributed by atoms with E-state index in [4.69, 9.17) is 18.9 Å². The van der Waals surface area contributed by atoms with Gasteiger partial charge in [-0.15, -0.1) is 0 Å². The summed E-state index contributed by atoms with van der Waals surface area (Å²) in [7, 11) is 1.58. The minimum atomic E-state index is -1.01. The Balaban J connectivity index is 1.21. The Morgan fingerprint density at radius 2 is 1.92 bits per heavy atom. The second-order valence-corrected chi connectivity index (χ2v) is 13.5. The molecular formula is C30H44O9. The highest BCUT2D eigenvalue weighted by Crippen LogP contribution is 2.69. The lowest BCUT2D eigenvalue weighted by molar-refractivity contribution is -0.276. The first-order chi connectivity index (χ1) is 18.6. The maximum atomic E-state index is 13.0. The SMILES string of the molecule is CO[C@H]1CC(O[C@H]2CC[C@@]3(C=O)[C@H](CC[C@@H]4[C@@H]3[C@H](O)C[C@]3(C)[C@@H](C5=CC(=O)OC5)CC[C@]43O)C2)O[C@@H](C)[C@H]1O. The molecule has 9 nitrogen and oxygen atoms in total. The molecule has 4 aliphatic carbocycles. The van der Waals surface area contributed by atoms with Crippen LogP contribution < -0.4 is 0 Å². The van der Waals surface area contributed by atoms with Crippen LogP contribution in [-0.2, 0) is 28.5 Å². The average Bonchev–Trinajstić information content (AvgIpc) is 3.45. The van der Waals surface area contributed by atoms with Gasteiger partial charge in [-0.25, -0.2) is 4.79 Å². The smallest absolute Gasteiger partial charge is 0.331 e. The van der Waals surface area contributed by atoms with Gasteiger partial charge in [0.25, 0.3) is 0 Å². The summed E-state index contributed by atoms with van der Waals surface area (Å²) < 4.78 is 23.0. The molecule has 4 saturated carbocycles. The Bertz CT molecular complexity index is 1010. The summed E-state index contributed by atoms with van der Waals surface area (Å²) in [5.41, 5.74) is -1.37. The molecule has 0 radical (unpaired) electrons. The lowest BCUT2D eigenvalue weighted by Gasteiger charge is -2.64. The largest absolute Gasteiger partial charge is 0.458 e. The number of methoxy groups -OCH3 is 1. The fourth-order valence-corrected chi connectivity index (χ4v) is 10.0. The van der Waals surface area contributed by atoms with Crippen molar-refractivity contribution in [3.63, 3.8) is 0 Å². The summed E-state index contributed by atoms with van der Waals surface area (Å²) in [5, 5.41) is 34.4. The van der Waals surface area contributed by atoms with Gasteiger partial charge in [-0.2, -0.15) is 0 Å². The quantitative estimate of drug-likeness (QED) is 0.269. The molecule has 0 spiro atoms. The molecule has 0 amide bonds. The first kappa shape index (κ1) is 27.8. The molecule has 6 rings (SSSR count). The van der Waals surface area contributed by atoms with Gasteiger partial charge >= 0.3 is 5.97 Å². The predicted octanol–water partition coefficient (Wildman–Crippen LogP) is 2.29. The molecule has 0 aromatic heterocycles. The minimum Gasteiger partial charge on any atom is -0.458 e. The van der Waals surface area contributed by atoms with Gasteiger partial charge in [-0.3, -0.25) is 0 Å². The lowest BCUT2D eigenvalue weighted by Crippen LogP contribution is -2.67. The summed E-state index contributed by atoms with van der Waals surface area (Å²) in [6.45, 7) is 4.14. The van der Waals surface area contributed by atoms with Crippen molar-refractivity contribution in [3.05, 3.63) is 11.6 Å². The first-order valence-electron chi connectivity index (χ1n) is 14.8.